The number of pyridine rings is 1. The monoisotopic (exact) mass is 287 g/mol. The molecule has 0 saturated heterocycles. The molecule has 0 spiro atoms. The summed E-state index contributed by atoms with van der Waals surface area (Å²) in [6.45, 7) is 1.99. The van der Waals surface area contributed by atoms with Gasteiger partial charge in [0.2, 0.25) is 5.82 Å². The number of nitrogens with zero attached hydrogens (tertiary/aromatic N) is 2. The number of aromatic nitrogens is 1. The Hall–Kier alpha value is -2.96. The lowest BCUT2D eigenvalue weighted by Gasteiger charge is -2.08. The van der Waals surface area contributed by atoms with Crippen LogP contribution in [0.5, 0.6) is 0 Å². The molecule has 0 radical (unpaired) electrons. The maximum atomic E-state index is 11.0. The molecule has 2 aromatic rings. The van der Waals surface area contributed by atoms with Crippen LogP contribution in [-0.2, 0) is 6.42 Å². The molecule has 7 heteroatoms. The molecule has 0 unspecified atom stereocenters. The molecule has 0 aliphatic carbocycles. The second kappa shape index (κ2) is 6.00. The Kier molecular flexibility index (Phi) is 4.13. The number of aryl methyl sites for hydroxylation is 1. The average Bonchev–Trinajstić information content (AvgIpc) is 2.47. The number of rotatable bonds is 5. The third kappa shape index (κ3) is 3.33. The first-order valence-corrected chi connectivity index (χ1v) is 6.26. The zero-order valence-corrected chi connectivity index (χ0v) is 11.2. The van der Waals surface area contributed by atoms with Crippen molar-refractivity contribution in [3.63, 3.8) is 0 Å². The van der Waals surface area contributed by atoms with Crippen molar-refractivity contribution in [2.75, 3.05) is 5.32 Å². The smallest absolute Gasteiger partial charge is 0.354 e. The Bertz CT molecular complexity index is 700. The first-order chi connectivity index (χ1) is 10.0. The van der Waals surface area contributed by atoms with E-state index in [0.717, 1.165) is 24.1 Å². The van der Waals surface area contributed by atoms with Crippen LogP contribution in [0.1, 0.15) is 23.0 Å². The fourth-order valence-electron chi connectivity index (χ4n) is 1.82. The standard InChI is InChI=1S/C14H13N3O4/c1-2-9-4-3-5-10(8-9)15-13-12(17(20)21)7-6-11(16-13)14(18)19/h3-8H,2H2,1H3,(H,15,16)(H,18,19). The van der Waals surface area contributed by atoms with Crippen molar-refractivity contribution in [2.45, 2.75) is 13.3 Å². The van der Waals surface area contributed by atoms with Gasteiger partial charge in [-0.25, -0.2) is 9.78 Å². The Balaban J connectivity index is 2.42. The Morgan fingerprint density at radius 3 is 2.76 bits per heavy atom. The van der Waals surface area contributed by atoms with Gasteiger partial charge in [0.1, 0.15) is 0 Å². The van der Waals surface area contributed by atoms with Crippen LogP contribution in [-0.4, -0.2) is 21.0 Å². The zero-order valence-electron chi connectivity index (χ0n) is 11.2. The highest BCUT2D eigenvalue weighted by molar-refractivity contribution is 5.86. The summed E-state index contributed by atoms with van der Waals surface area (Å²) in [5, 5.41) is 22.7. The summed E-state index contributed by atoms with van der Waals surface area (Å²) < 4.78 is 0. The second-order valence-corrected chi connectivity index (χ2v) is 4.31. The van der Waals surface area contributed by atoms with Crippen molar-refractivity contribution in [3.05, 3.63) is 57.8 Å². The van der Waals surface area contributed by atoms with Crippen LogP contribution < -0.4 is 5.32 Å². The van der Waals surface area contributed by atoms with Gasteiger partial charge in [-0.05, 0) is 30.2 Å². The minimum Gasteiger partial charge on any atom is -0.477 e. The van der Waals surface area contributed by atoms with E-state index in [0.29, 0.717) is 5.69 Å². The molecule has 0 saturated carbocycles. The van der Waals surface area contributed by atoms with E-state index in [-0.39, 0.29) is 17.2 Å². The first-order valence-electron chi connectivity index (χ1n) is 6.26. The molecule has 2 rings (SSSR count). The van der Waals surface area contributed by atoms with Crippen LogP contribution in [0.3, 0.4) is 0 Å². The Labute approximate surface area is 120 Å². The highest BCUT2D eigenvalue weighted by atomic mass is 16.6. The quantitative estimate of drug-likeness (QED) is 0.647. The van der Waals surface area contributed by atoms with E-state index in [1.54, 1.807) is 6.07 Å². The summed E-state index contributed by atoms with van der Waals surface area (Å²) in [5.74, 6) is -1.33. The van der Waals surface area contributed by atoms with Crippen molar-refractivity contribution in [1.82, 2.24) is 4.98 Å². The van der Waals surface area contributed by atoms with Crippen LogP contribution >= 0.6 is 0 Å². The maximum absolute atomic E-state index is 11.0. The van der Waals surface area contributed by atoms with Crippen molar-refractivity contribution in [2.24, 2.45) is 0 Å². The number of carboxylic acid groups (broad SMARTS) is 1. The molecule has 108 valence electrons. The van der Waals surface area contributed by atoms with Crippen molar-refractivity contribution in [1.29, 1.82) is 0 Å². The number of carbonyl (C=O) groups is 1. The van der Waals surface area contributed by atoms with E-state index in [4.69, 9.17) is 5.11 Å². The summed E-state index contributed by atoms with van der Waals surface area (Å²) in [5.41, 5.74) is 1.14. The van der Waals surface area contributed by atoms with Crippen LogP contribution in [0, 0.1) is 10.1 Å². The van der Waals surface area contributed by atoms with Crippen molar-refractivity contribution < 1.29 is 14.8 Å². The van der Waals surface area contributed by atoms with Gasteiger partial charge in [-0.2, -0.15) is 0 Å². The van der Waals surface area contributed by atoms with Gasteiger partial charge in [-0.1, -0.05) is 19.1 Å². The van der Waals surface area contributed by atoms with Crippen molar-refractivity contribution in [3.8, 4) is 0 Å². The van der Waals surface area contributed by atoms with E-state index in [9.17, 15) is 14.9 Å². The average molecular weight is 287 g/mol. The number of nitrogens with one attached hydrogen (secondary N) is 1. The van der Waals surface area contributed by atoms with Crippen LogP contribution in [0.25, 0.3) is 0 Å². The molecule has 0 fully saturated rings. The largest absolute Gasteiger partial charge is 0.477 e. The Morgan fingerprint density at radius 2 is 2.14 bits per heavy atom. The fourth-order valence-corrected chi connectivity index (χ4v) is 1.82. The third-order valence-corrected chi connectivity index (χ3v) is 2.89. The predicted molar refractivity (Wildman–Crippen MR) is 77.0 cm³/mol. The van der Waals surface area contributed by atoms with Gasteiger partial charge in [-0.3, -0.25) is 10.1 Å². The van der Waals surface area contributed by atoms with Gasteiger partial charge in [0, 0.05) is 11.8 Å². The number of benzene rings is 1. The molecule has 1 heterocycles. The van der Waals surface area contributed by atoms with Gasteiger partial charge in [0.25, 0.3) is 0 Å². The minimum atomic E-state index is -1.24. The molecule has 2 N–H and O–H groups in total. The molecule has 0 atom stereocenters. The van der Waals surface area contributed by atoms with E-state index in [1.165, 1.54) is 0 Å². The molecular formula is C14H13N3O4. The summed E-state index contributed by atoms with van der Waals surface area (Å²) in [4.78, 5) is 25.1. The molecule has 1 aromatic carbocycles. The zero-order chi connectivity index (χ0) is 15.4. The normalized spacial score (nSPS) is 10.1. The van der Waals surface area contributed by atoms with E-state index in [2.05, 4.69) is 10.3 Å². The topological polar surface area (TPSA) is 105 Å². The van der Waals surface area contributed by atoms with Crippen LogP contribution in [0.2, 0.25) is 0 Å². The highest BCUT2D eigenvalue weighted by Gasteiger charge is 2.18. The lowest BCUT2D eigenvalue weighted by atomic mass is 10.1. The number of nitro groups is 1. The highest BCUT2D eigenvalue weighted by Crippen LogP contribution is 2.26. The van der Waals surface area contributed by atoms with Gasteiger partial charge in [0.15, 0.2) is 5.69 Å². The van der Waals surface area contributed by atoms with Gasteiger partial charge >= 0.3 is 11.7 Å². The lowest BCUT2D eigenvalue weighted by Crippen LogP contribution is -2.06. The number of hydrogen-bond donors (Lipinski definition) is 2. The molecule has 0 aliphatic heterocycles. The predicted octanol–water partition coefficient (Wildman–Crippen LogP) is 2.99. The summed E-state index contributed by atoms with van der Waals surface area (Å²) in [7, 11) is 0. The van der Waals surface area contributed by atoms with Crippen LogP contribution in [0.15, 0.2) is 36.4 Å². The third-order valence-electron chi connectivity index (χ3n) is 2.89. The molecule has 21 heavy (non-hydrogen) atoms. The summed E-state index contributed by atoms with van der Waals surface area (Å²) in [6, 6.07) is 9.54. The lowest BCUT2D eigenvalue weighted by molar-refractivity contribution is -0.384. The van der Waals surface area contributed by atoms with Crippen molar-refractivity contribution >= 4 is 23.2 Å². The van der Waals surface area contributed by atoms with Crippen LogP contribution in [0.4, 0.5) is 17.2 Å². The van der Waals surface area contributed by atoms with E-state index in [1.807, 2.05) is 25.1 Å². The maximum Gasteiger partial charge on any atom is 0.354 e. The molecular weight excluding hydrogens is 274 g/mol. The summed E-state index contributed by atoms with van der Waals surface area (Å²) in [6.07, 6.45) is 0.820. The molecule has 0 amide bonds. The molecule has 0 bridgehead atoms. The molecule has 7 nitrogen and oxygen atoms in total. The number of anilines is 2. The molecule has 0 aliphatic rings. The van der Waals surface area contributed by atoms with Gasteiger partial charge in [-0.15, -0.1) is 0 Å². The van der Waals surface area contributed by atoms with E-state index < -0.39 is 10.9 Å². The fraction of sp³-hybridized carbons (Fsp3) is 0.143. The SMILES string of the molecule is CCc1cccc(Nc2nc(C(=O)O)ccc2[N+](=O)[O-])c1. The second-order valence-electron chi connectivity index (χ2n) is 4.31. The first kappa shape index (κ1) is 14.4. The molecule has 1 aromatic heterocycles. The number of carboxylic acids is 1. The van der Waals surface area contributed by atoms with E-state index >= 15 is 0 Å². The Morgan fingerprint density at radius 1 is 1.38 bits per heavy atom. The summed E-state index contributed by atoms with van der Waals surface area (Å²) >= 11 is 0. The van der Waals surface area contributed by atoms with Gasteiger partial charge in [0.05, 0.1) is 4.92 Å². The number of aromatic carboxylic acids is 1. The van der Waals surface area contributed by atoms with Gasteiger partial charge < -0.3 is 10.4 Å². The minimum absolute atomic E-state index is 0.0897. The number of hydrogen-bond acceptors (Lipinski definition) is 5.